The number of carbonyl (C=O) groups is 1. The quantitative estimate of drug-likeness (QED) is 0.346. The zero-order valence-corrected chi connectivity index (χ0v) is 13.6. The van der Waals surface area contributed by atoms with Gasteiger partial charge in [-0.25, -0.2) is 4.79 Å². The van der Waals surface area contributed by atoms with Crippen LogP contribution >= 0.6 is 0 Å². The summed E-state index contributed by atoms with van der Waals surface area (Å²) in [5.41, 5.74) is -0.141. The number of alkyl halides is 3. The molecule has 1 aliphatic heterocycles. The van der Waals surface area contributed by atoms with Crippen molar-refractivity contribution in [1.82, 2.24) is 4.90 Å². The second-order valence-corrected chi connectivity index (χ2v) is 6.41. The van der Waals surface area contributed by atoms with E-state index in [1.165, 1.54) is 29.2 Å². The lowest BCUT2D eigenvalue weighted by molar-refractivity contribution is -0.384. The summed E-state index contributed by atoms with van der Waals surface area (Å²) in [6.07, 6.45) is -4.42. The molecule has 0 amide bonds. The van der Waals surface area contributed by atoms with E-state index < -0.39 is 29.4 Å². The van der Waals surface area contributed by atoms with Crippen LogP contribution in [-0.2, 0) is 4.74 Å². The minimum Gasteiger partial charge on any atom is -0.431 e. The largest absolute Gasteiger partial charge is 0.514 e. The van der Waals surface area contributed by atoms with Crippen molar-refractivity contribution >= 4 is 11.8 Å². The highest BCUT2D eigenvalue weighted by Crippen LogP contribution is 2.39. The lowest BCUT2D eigenvalue weighted by atomic mass is 9.87. The van der Waals surface area contributed by atoms with E-state index in [0.29, 0.717) is 25.8 Å². The topological polar surface area (TPSA) is 81.9 Å². The number of halogens is 3. The lowest BCUT2D eigenvalue weighted by Gasteiger charge is -2.43. The molecule has 0 bridgehead atoms. The summed E-state index contributed by atoms with van der Waals surface area (Å²) in [6, 6.07) is 3.24. The summed E-state index contributed by atoms with van der Waals surface area (Å²) in [6.45, 7) is 0.398. The van der Waals surface area contributed by atoms with Crippen molar-refractivity contribution in [2.24, 2.45) is 0 Å². The summed E-state index contributed by atoms with van der Waals surface area (Å²) in [5, 5.41) is 10.5. The minimum atomic E-state index is -4.24. The van der Waals surface area contributed by atoms with Gasteiger partial charge in [0.25, 0.3) is 5.69 Å². The van der Waals surface area contributed by atoms with Gasteiger partial charge in [0, 0.05) is 31.0 Å². The van der Waals surface area contributed by atoms with Gasteiger partial charge < -0.3 is 9.47 Å². The molecule has 1 aromatic rings. The summed E-state index contributed by atoms with van der Waals surface area (Å²) in [7, 11) is 0. The summed E-state index contributed by atoms with van der Waals surface area (Å²) < 4.78 is 48.9. The molecule has 1 unspecified atom stereocenters. The molecule has 1 atom stereocenters. The SMILES string of the molecule is O=C(Oc1ccc([N+](=O)[O-])cc1)OC1CC(N2CCCC2C(F)(F)F)C1. The van der Waals surface area contributed by atoms with Gasteiger partial charge in [-0.15, -0.1) is 0 Å². The van der Waals surface area contributed by atoms with Gasteiger partial charge >= 0.3 is 12.3 Å². The molecule has 1 saturated heterocycles. The second-order valence-electron chi connectivity index (χ2n) is 6.41. The first kappa shape index (κ1) is 18.4. The Kier molecular flexibility index (Phi) is 5.03. The average molecular weight is 374 g/mol. The number of rotatable bonds is 4. The highest BCUT2D eigenvalue weighted by Gasteiger charge is 2.50. The fraction of sp³-hybridized carbons (Fsp3) is 0.562. The number of hydrogen-bond acceptors (Lipinski definition) is 6. The minimum absolute atomic E-state index is 0.0909. The Hall–Kier alpha value is -2.36. The molecule has 1 saturated carbocycles. The molecule has 3 rings (SSSR count). The number of non-ortho nitro benzene ring substituents is 1. The van der Waals surface area contributed by atoms with E-state index in [1.54, 1.807) is 0 Å². The third kappa shape index (κ3) is 4.06. The smallest absolute Gasteiger partial charge is 0.431 e. The van der Waals surface area contributed by atoms with Crippen LogP contribution in [0.2, 0.25) is 0 Å². The first-order valence-corrected chi connectivity index (χ1v) is 8.19. The molecule has 7 nitrogen and oxygen atoms in total. The first-order valence-electron chi connectivity index (χ1n) is 8.19. The zero-order chi connectivity index (χ0) is 18.9. The van der Waals surface area contributed by atoms with Crippen LogP contribution in [0.1, 0.15) is 25.7 Å². The molecule has 10 heteroatoms. The molecule has 1 heterocycles. The molecule has 26 heavy (non-hydrogen) atoms. The molecule has 0 aromatic heterocycles. The highest BCUT2D eigenvalue weighted by atomic mass is 19.4. The predicted molar refractivity (Wildman–Crippen MR) is 82.8 cm³/mol. The number of carbonyl (C=O) groups excluding carboxylic acids is 1. The average Bonchev–Trinajstić information content (AvgIpc) is 3.00. The van der Waals surface area contributed by atoms with Crippen LogP contribution in [0.4, 0.5) is 23.7 Å². The lowest BCUT2D eigenvalue weighted by Crippen LogP contribution is -2.54. The van der Waals surface area contributed by atoms with Crippen molar-refractivity contribution in [2.75, 3.05) is 6.54 Å². The summed E-state index contributed by atoms with van der Waals surface area (Å²) >= 11 is 0. The Balaban J connectivity index is 1.45. The predicted octanol–water partition coefficient (Wildman–Crippen LogP) is 3.67. The van der Waals surface area contributed by atoms with Gasteiger partial charge in [0.05, 0.1) is 4.92 Å². The highest BCUT2D eigenvalue weighted by molar-refractivity contribution is 5.64. The van der Waals surface area contributed by atoms with Crippen molar-refractivity contribution in [3.8, 4) is 5.75 Å². The fourth-order valence-corrected chi connectivity index (χ4v) is 3.37. The third-order valence-corrected chi connectivity index (χ3v) is 4.72. The second kappa shape index (κ2) is 7.10. The monoisotopic (exact) mass is 374 g/mol. The van der Waals surface area contributed by atoms with E-state index in [-0.39, 0.29) is 23.9 Å². The number of nitro benzene ring substituents is 1. The normalized spacial score (nSPS) is 26.2. The summed E-state index contributed by atoms with van der Waals surface area (Å²) in [4.78, 5) is 23.1. The van der Waals surface area contributed by atoms with Gasteiger partial charge in [-0.05, 0) is 31.5 Å². The number of hydrogen-bond donors (Lipinski definition) is 0. The first-order chi connectivity index (χ1) is 12.2. The van der Waals surface area contributed by atoms with Crippen LogP contribution in [0.3, 0.4) is 0 Å². The van der Waals surface area contributed by atoms with Crippen molar-refractivity contribution < 1.29 is 32.4 Å². The molecule has 1 aromatic carbocycles. The number of nitrogens with zero attached hydrogens (tertiary/aromatic N) is 2. The van der Waals surface area contributed by atoms with E-state index in [4.69, 9.17) is 9.47 Å². The van der Waals surface area contributed by atoms with Crippen LogP contribution in [0.15, 0.2) is 24.3 Å². The fourth-order valence-electron chi connectivity index (χ4n) is 3.37. The van der Waals surface area contributed by atoms with Gasteiger partial charge in [0.15, 0.2) is 0 Å². The Morgan fingerprint density at radius 1 is 1.23 bits per heavy atom. The van der Waals surface area contributed by atoms with E-state index in [9.17, 15) is 28.1 Å². The van der Waals surface area contributed by atoms with E-state index in [0.717, 1.165) is 0 Å². The molecule has 1 aliphatic carbocycles. The van der Waals surface area contributed by atoms with Crippen molar-refractivity contribution in [3.63, 3.8) is 0 Å². The van der Waals surface area contributed by atoms with Crippen LogP contribution in [0.5, 0.6) is 5.75 Å². The van der Waals surface area contributed by atoms with Gasteiger partial charge in [-0.3, -0.25) is 15.0 Å². The van der Waals surface area contributed by atoms with Crippen LogP contribution in [-0.4, -0.2) is 46.9 Å². The molecular formula is C16H17F3N2O5. The van der Waals surface area contributed by atoms with Gasteiger partial charge in [-0.2, -0.15) is 13.2 Å². The molecular weight excluding hydrogens is 357 g/mol. The molecule has 0 spiro atoms. The van der Waals surface area contributed by atoms with Crippen molar-refractivity contribution in [3.05, 3.63) is 34.4 Å². The zero-order valence-electron chi connectivity index (χ0n) is 13.6. The summed E-state index contributed by atoms with van der Waals surface area (Å²) in [5.74, 6) is 0.0909. The molecule has 2 fully saturated rings. The van der Waals surface area contributed by atoms with E-state index >= 15 is 0 Å². The Labute approximate surface area is 146 Å². The third-order valence-electron chi connectivity index (χ3n) is 4.72. The molecule has 0 N–H and O–H groups in total. The standard InChI is InChI=1S/C16H17F3N2O5/c17-16(18,19)14-2-1-7-20(14)11-8-13(9-11)26-15(22)25-12-5-3-10(4-6-12)21(23)24/h3-6,11,13-14H,1-2,7-9H2. The maximum absolute atomic E-state index is 13.0. The number of ether oxygens (including phenoxy) is 2. The maximum Gasteiger partial charge on any atom is 0.514 e. The van der Waals surface area contributed by atoms with Crippen LogP contribution in [0, 0.1) is 10.1 Å². The number of likely N-dealkylation sites (tertiary alicyclic amines) is 1. The van der Waals surface area contributed by atoms with Crippen LogP contribution in [0.25, 0.3) is 0 Å². The number of nitro groups is 1. The van der Waals surface area contributed by atoms with E-state index in [2.05, 4.69) is 0 Å². The number of benzene rings is 1. The van der Waals surface area contributed by atoms with E-state index in [1.807, 2.05) is 0 Å². The van der Waals surface area contributed by atoms with Gasteiger partial charge in [0.1, 0.15) is 17.9 Å². The van der Waals surface area contributed by atoms with Crippen molar-refractivity contribution in [1.29, 1.82) is 0 Å². The van der Waals surface area contributed by atoms with Gasteiger partial charge in [0.2, 0.25) is 0 Å². The maximum atomic E-state index is 13.0. The van der Waals surface area contributed by atoms with Crippen LogP contribution < -0.4 is 4.74 Å². The molecule has 0 radical (unpaired) electrons. The van der Waals surface area contributed by atoms with Gasteiger partial charge in [-0.1, -0.05) is 0 Å². The Bertz CT molecular complexity index is 673. The Morgan fingerprint density at radius 2 is 1.88 bits per heavy atom. The van der Waals surface area contributed by atoms with Crippen molar-refractivity contribution in [2.45, 2.75) is 50.0 Å². The molecule has 2 aliphatic rings. The molecule has 142 valence electrons. The Morgan fingerprint density at radius 3 is 2.46 bits per heavy atom.